The van der Waals surface area contributed by atoms with Crippen molar-refractivity contribution in [2.75, 3.05) is 13.2 Å². The molecule has 0 amide bonds. The van der Waals surface area contributed by atoms with E-state index < -0.39 is 0 Å². The molecule has 110 valence electrons. The zero-order chi connectivity index (χ0) is 14.8. The first kappa shape index (κ1) is 13.8. The van der Waals surface area contributed by atoms with Crippen molar-refractivity contribution < 1.29 is 18.7 Å². The highest BCUT2D eigenvalue weighted by Gasteiger charge is 2.17. The lowest BCUT2D eigenvalue weighted by molar-refractivity contribution is 0.0677. The third kappa shape index (κ3) is 2.56. The summed E-state index contributed by atoms with van der Waals surface area (Å²) in [5, 5.41) is 0.390. The molecule has 1 aliphatic heterocycles. The van der Waals surface area contributed by atoms with Gasteiger partial charge in [0.25, 0.3) is 0 Å². The number of hydrogen-bond acceptors (Lipinski definition) is 5. The Morgan fingerprint density at radius 1 is 1.43 bits per heavy atom. The predicted molar refractivity (Wildman–Crippen MR) is 77.1 cm³/mol. The van der Waals surface area contributed by atoms with Gasteiger partial charge in [-0.1, -0.05) is 0 Å². The van der Waals surface area contributed by atoms with Crippen molar-refractivity contribution in [2.45, 2.75) is 25.9 Å². The van der Waals surface area contributed by atoms with Crippen molar-refractivity contribution in [1.82, 2.24) is 0 Å². The zero-order valence-electron chi connectivity index (χ0n) is 11.8. The zero-order valence-corrected chi connectivity index (χ0v) is 11.8. The Morgan fingerprint density at radius 2 is 2.29 bits per heavy atom. The van der Waals surface area contributed by atoms with Crippen LogP contribution in [0.1, 0.15) is 28.8 Å². The van der Waals surface area contributed by atoms with E-state index in [1.165, 1.54) is 6.26 Å². The van der Waals surface area contributed by atoms with Crippen LogP contribution in [-0.2, 0) is 4.74 Å². The number of fused-ring (bicyclic) bond motifs is 1. The number of rotatable bonds is 4. The molecular formula is C16H16O5. The van der Waals surface area contributed by atoms with E-state index in [4.69, 9.17) is 13.9 Å². The van der Waals surface area contributed by atoms with Crippen molar-refractivity contribution in [3.8, 4) is 5.75 Å². The van der Waals surface area contributed by atoms with Crippen LogP contribution in [0.15, 0.2) is 27.6 Å². The Labute approximate surface area is 121 Å². The molecule has 1 unspecified atom stereocenters. The highest BCUT2D eigenvalue weighted by Crippen LogP contribution is 2.26. The highest BCUT2D eigenvalue weighted by molar-refractivity contribution is 5.86. The van der Waals surface area contributed by atoms with Crippen molar-refractivity contribution >= 4 is 17.3 Å². The van der Waals surface area contributed by atoms with Gasteiger partial charge in [0.15, 0.2) is 6.29 Å². The minimum absolute atomic E-state index is 0.0231. The first-order valence-electron chi connectivity index (χ1n) is 6.95. The minimum atomic E-state index is -0.319. The van der Waals surface area contributed by atoms with E-state index in [0.29, 0.717) is 29.6 Å². The van der Waals surface area contributed by atoms with Gasteiger partial charge in [0.1, 0.15) is 24.2 Å². The van der Waals surface area contributed by atoms with Crippen LogP contribution in [0.5, 0.6) is 5.75 Å². The maximum absolute atomic E-state index is 12.0. The monoisotopic (exact) mass is 288 g/mol. The molecule has 21 heavy (non-hydrogen) atoms. The van der Waals surface area contributed by atoms with Crippen LogP contribution in [0.4, 0.5) is 0 Å². The van der Waals surface area contributed by atoms with Crippen LogP contribution >= 0.6 is 0 Å². The van der Waals surface area contributed by atoms with Crippen molar-refractivity contribution in [1.29, 1.82) is 0 Å². The molecule has 1 aromatic carbocycles. The standard InChI is InChI=1S/C16H16O5/c1-10-14(20-9-12-3-2-6-19-12)5-4-13-15(18)11(7-17)8-21-16(10)13/h4-5,7-8,12H,2-3,6,9H2,1H3. The average molecular weight is 288 g/mol. The fraction of sp³-hybridized carbons (Fsp3) is 0.375. The van der Waals surface area contributed by atoms with E-state index >= 15 is 0 Å². The largest absolute Gasteiger partial charge is 0.490 e. The Morgan fingerprint density at radius 3 is 3.00 bits per heavy atom. The third-order valence-electron chi connectivity index (χ3n) is 3.74. The molecule has 3 rings (SSSR count). The number of carbonyl (C=O) groups is 1. The van der Waals surface area contributed by atoms with Crippen molar-refractivity contribution in [2.24, 2.45) is 0 Å². The summed E-state index contributed by atoms with van der Waals surface area (Å²) in [7, 11) is 0. The molecule has 2 aromatic rings. The first-order chi connectivity index (χ1) is 10.2. The van der Waals surface area contributed by atoms with Gasteiger partial charge in [-0.25, -0.2) is 0 Å². The molecule has 1 aromatic heterocycles. The minimum Gasteiger partial charge on any atom is -0.490 e. The van der Waals surface area contributed by atoms with Crippen LogP contribution < -0.4 is 10.2 Å². The Kier molecular flexibility index (Phi) is 3.75. The van der Waals surface area contributed by atoms with Crippen LogP contribution in [0.3, 0.4) is 0 Å². The maximum atomic E-state index is 12.0. The second-order valence-corrected chi connectivity index (χ2v) is 5.15. The summed E-state index contributed by atoms with van der Waals surface area (Å²) in [5.74, 6) is 0.667. The molecule has 5 heteroatoms. The number of hydrogen-bond donors (Lipinski definition) is 0. The van der Waals surface area contributed by atoms with E-state index in [1.807, 2.05) is 6.92 Å². The van der Waals surface area contributed by atoms with E-state index in [9.17, 15) is 9.59 Å². The molecule has 0 spiro atoms. The summed E-state index contributed by atoms with van der Waals surface area (Å²) < 4.78 is 16.7. The summed E-state index contributed by atoms with van der Waals surface area (Å²) in [5.41, 5.74) is 0.908. The summed E-state index contributed by atoms with van der Waals surface area (Å²) >= 11 is 0. The molecular weight excluding hydrogens is 272 g/mol. The van der Waals surface area contributed by atoms with Crippen molar-refractivity contribution in [3.05, 3.63) is 39.7 Å². The molecule has 1 aliphatic rings. The topological polar surface area (TPSA) is 65.7 Å². The normalized spacial score (nSPS) is 18.0. The van der Waals surface area contributed by atoms with E-state index in [2.05, 4.69) is 0 Å². The van der Waals surface area contributed by atoms with Gasteiger partial charge in [0.2, 0.25) is 5.43 Å². The van der Waals surface area contributed by atoms with Crippen LogP contribution in [-0.4, -0.2) is 25.6 Å². The average Bonchev–Trinajstić information content (AvgIpc) is 3.01. The molecule has 0 saturated carbocycles. The van der Waals surface area contributed by atoms with Gasteiger partial charge in [0, 0.05) is 12.2 Å². The molecule has 0 bridgehead atoms. The van der Waals surface area contributed by atoms with Crippen LogP contribution in [0.25, 0.3) is 11.0 Å². The van der Waals surface area contributed by atoms with E-state index in [0.717, 1.165) is 25.0 Å². The molecule has 0 N–H and O–H groups in total. The molecule has 5 nitrogen and oxygen atoms in total. The fourth-order valence-corrected chi connectivity index (χ4v) is 2.53. The highest BCUT2D eigenvalue weighted by atomic mass is 16.5. The maximum Gasteiger partial charge on any atom is 0.203 e. The summed E-state index contributed by atoms with van der Waals surface area (Å²) in [6.45, 7) is 3.10. The predicted octanol–water partition coefficient (Wildman–Crippen LogP) is 2.47. The molecule has 0 radical (unpaired) electrons. The van der Waals surface area contributed by atoms with Crippen LogP contribution in [0.2, 0.25) is 0 Å². The number of ether oxygens (including phenoxy) is 2. The number of aldehydes is 1. The van der Waals surface area contributed by atoms with Gasteiger partial charge in [-0.05, 0) is 31.9 Å². The third-order valence-corrected chi connectivity index (χ3v) is 3.74. The summed E-state index contributed by atoms with van der Waals surface area (Å²) in [4.78, 5) is 22.8. The lowest BCUT2D eigenvalue weighted by Crippen LogP contribution is -2.17. The Hall–Kier alpha value is -2.14. The molecule has 1 atom stereocenters. The second kappa shape index (κ2) is 5.69. The molecule has 1 fully saturated rings. The second-order valence-electron chi connectivity index (χ2n) is 5.15. The van der Waals surface area contributed by atoms with Gasteiger partial charge in [0.05, 0.1) is 17.1 Å². The molecule has 0 aliphatic carbocycles. The SMILES string of the molecule is Cc1c(OCC2CCCO2)ccc2c(=O)c(C=O)coc12. The number of benzene rings is 1. The lowest BCUT2D eigenvalue weighted by atomic mass is 10.1. The van der Waals surface area contributed by atoms with Gasteiger partial charge >= 0.3 is 0 Å². The fourth-order valence-electron chi connectivity index (χ4n) is 2.53. The lowest BCUT2D eigenvalue weighted by Gasteiger charge is -2.14. The van der Waals surface area contributed by atoms with E-state index in [-0.39, 0.29) is 17.1 Å². The van der Waals surface area contributed by atoms with E-state index in [1.54, 1.807) is 12.1 Å². The molecule has 1 saturated heterocycles. The first-order valence-corrected chi connectivity index (χ1v) is 6.95. The smallest absolute Gasteiger partial charge is 0.203 e. The van der Waals surface area contributed by atoms with Gasteiger partial charge < -0.3 is 13.9 Å². The summed E-state index contributed by atoms with van der Waals surface area (Å²) in [6.07, 6.45) is 3.89. The Balaban J connectivity index is 1.92. The quantitative estimate of drug-likeness (QED) is 0.809. The number of carbonyl (C=O) groups excluding carboxylic acids is 1. The van der Waals surface area contributed by atoms with Gasteiger partial charge in [-0.2, -0.15) is 0 Å². The Bertz CT molecular complexity index is 725. The molecule has 2 heterocycles. The number of aryl methyl sites for hydroxylation is 1. The van der Waals surface area contributed by atoms with Gasteiger partial charge in [-0.3, -0.25) is 9.59 Å². The van der Waals surface area contributed by atoms with Crippen molar-refractivity contribution in [3.63, 3.8) is 0 Å². The van der Waals surface area contributed by atoms with Gasteiger partial charge in [-0.15, -0.1) is 0 Å². The van der Waals surface area contributed by atoms with Crippen LogP contribution in [0, 0.1) is 6.92 Å². The summed E-state index contributed by atoms with van der Waals surface area (Å²) in [6, 6.07) is 3.37.